The second-order valence-corrected chi connectivity index (χ2v) is 3.92. The maximum atomic E-state index is 10.7. The van der Waals surface area contributed by atoms with E-state index in [4.69, 9.17) is 10.8 Å². The highest BCUT2D eigenvalue weighted by Gasteiger charge is 2.07. The topological polar surface area (TPSA) is 91.5 Å². The maximum Gasteiger partial charge on any atom is 0.337 e. The number of likely N-dealkylation sites (N-methyl/N-ethyl adjacent to an activating group) is 1. The van der Waals surface area contributed by atoms with Crippen molar-refractivity contribution in [1.29, 1.82) is 0 Å². The summed E-state index contributed by atoms with van der Waals surface area (Å²) in [4.78, 5) is 17.0. The van der Waals surface area contributed by atoms with Crippen molar-refractivity contribution in [2.45, 2.75) is 13.8 Å². The number of nitrogen functional groups attached to an aromatic ring is 1. The minimum atomic E-state index is -1.02. The van der Waals surface area contributed by atoms with Crippen molar-refractivity contribution in [3.05, 3.63) is 17.8 Å². The van der Waals surface area contributed by atoms with Gasteiger partial charge >= 0.3 is 5.97 Å². The number of carbonyl (C=O) groups is 1. The first kappa shape index (κ1) is 14.2. The summed E-state index contributed by atoms with van der Waals surface area (Å²) >= 11 is 0. The highest BCUT2D eigenvalue weighted by Crippen LogP contribution is 2.15. The molecule has 0 radical (unpaired) electrons. The Bertz CT molecular complexity index is 405. The Morgan fingerprint density at radius 3 is 2.67 bits per heavy atom. The molecule has 0 saturated heterocycles. The molecule has 18 heavy (non-hydrogen) atoms. The van der Waals surface area contributed by atoms with E-state index in [0.29, 0.717) is 11.5 Å². The zero-order chi connectivity index (χ0) is 13.5. The van der Waals surface area contributed by atoms with E-state index in [1.54, 1.807) is 0 Å². The third kappa shape index (κ3) is 3.89. The summed E-state index contributed by atoms with van der Waals surface area (Å²) in [7, 11) is 0. The number of nitrogens with one attached hydrogen (secondary N) is 1. The Hall–Kier alpha value is -1.82. The van der Waals surface area contributed by atoms with Crippen LogP contribution in [0.4, 0.5) is 11.5 Å². The van der Waals surface area contributed by atoms with Crippen LogP contribution in [0.1, 0.15) is 24.2 Å². The fourth-order valence-electron chi connectivity index (χ4n) is 1.62. The van der Waals surface area contributed by atoms with Gasteiger partial charge in [-0.2, -0.15) is 0 Å². The number of hydrogen-bond acceptors (Lipinski definition) is 5. The van der Waals surface area contributed by atoms with Crippen LogP contribution in [0.15, 0.2) is 12.3 Å². The van der Waals surface area contributed by atoms with Gasteiger partial charge in [-0.25, -0.2) is 9.78 Å². The fourth-order valence-corrected chi connectivity index (χ4v) is 1.62. The third-order valence-corrected chi connectivity index (χ3v) is 2.78. The van der Waals surface area contributed by atoms with E-state index in [9.17, 15) is 4.79 Å². The van der Waals surface area contributed by atoms with E-state index in [2.05, 4.69) is 29.0 Å². The second kappa shape index (κ2) is 6.80. The first-order chi connectivity index (χ1) is 8.58. The molecule has 0 fully saturated rings. The highest BCUT2D eigenvalue weighted by molar-refractivity contribution is 5.89. The summed E-state index contributed by atoms with van der Waals surface area (Å²) in [5.74, 6) is -0.490. The first-order valence-corrected chi connectivity index (χ1v) is 6.03. The standard InChI is InChI=1S/C12H20N4O2/c1-3-16(4-2)6-5-14-11-10(13)7-9(8-15-11)12(17)18/h7-8H,3-6,13H2,1-2H3,(H,14,15)(H,17,18). The van der Waals surface area contributed by atoms with Crippen LogP contribution >= 0.6 is 0 Å². The van der Waals surface area contributed by atoms with Gasteiger partial charge in [0.05, 0.1) is 11.3 Å². The highest BCUT2D eigenvalue weighted by atomic mass is 16.4. The van der Waals surface area contributed by atoms with Crippen LogP contribution < -0.4 is 11.1 Å². The molecule has 0 bridgehead atoms. The smallest absolute Gasteiger partial charge is 0.337 e. The number of aromatic nitrogens is 1. The largest absolute Gasteiger partial charge is 0.478 e. The molecule has 1 aromatic heterocycles. The predicted molar refractivity (Wildman–Crippen MR) is 71.9 cm³/mol. The van der Waals surface area contributed by atoms with Crippen molar-refractivity contribution in [3.63, 3.8) is 0 Å². The SMILES string of the molecule is CCN(CC)CCNc1ncc(C(=O)O)cc1N. The van der Waals surface area contributed by atoms with E-state index < -0.39 is 5.97 Å². The summed E-state index contributed by atoms with van der Waals surface area (Å²) in [6.07, 6.45) is 1.30. The summed E-state index contributed by atoms with van der Waals surface area (Å²) in [5, 5.41) is 11.9. The summed E-state index contributed by atoms with van der Waals surface area (Å²) in [6, 6.07) is 1.41. The van der Waals surface area contributed by atoms with Crippen LogP contribution in [0.2, 0.25) is 0 Å². The molecule has 4 N–H and O–H groups in total. The van der Waals surface area contributed by atoms with Gasteiger partial charge in [0.2, 0.25) is 0 Å². The minimum Gasteiger partial charge on any atom is -0.478 e. The molecular formula is C12H20N4O2. The predicted octanol–water partition coefficient (Wildman–Crippen LogP) is 1.12. The van der Waals surface area contributed by atoms with Gasteiger partial charge in [-0.05, 0) is 19.2 Å². The Morgan fingerprint density at radius 2 is 2.17 bits per heavy atom. The minimum absolute atomic E-state index is 0.0989. The molecule has 1 rings (SSSR count). The van der Waals surface area contributed by atoms with Crippen LogP contribution in [-0.4, -0.2) is 47.1 Å². The van der Waals surface area contributed by atoms with E-state index >= 15 is 0 Å². The number of nitrogens with two attached hydrogens (primary N) is 1. The number of carboxylic acids is 1. The molecule has 0 amide bonds. The summed E-state index contributed by atoms with van der Waals surface area (Å²) < 4.78 is 0. The molecule has 0 saturated carbocycles. The van der Waals surface area contributed by atoms with Gasteiger partial charge in [-0.3, -0.25) is 0 Å². The van der Waals surface area contributed by atoms with Crippen LogP contribution in [0, 0.1) is 0 Å². The number of pyridine rings is 1. The van der Waals surface area contributed by atoms with Crippen molar-refractivity contribution in [1.82, 2.24) is 9.88 Å². The molecule has 0 spiro atoms. The Labute approximate surface area is 107 Å². The Morgan fingerprint density at radius 1 is 1.50 bits per heavy atom. The third-order valence-electron chi connectivity index (χ3n) is 2.78. The number of aromatic carboxylic acids is 1. The zero-order valence-corrected chi connectivity index (χ0v) is 10.8. The average molecular weight is 252 g/mol. The maximum absolute atomic E-state index is 10.7. The molecule has 0 aliphatic rings. The van der Waals surface area contributed by atoms with Gasteiger partial charge in [0.25, 0.3) is 0 Å². The molecule has 6 heteroatoms. The van der Waals surface area contributed by atoms with Crippen LogP contribution in [0.3, 0.4) is 0 Å². The molecule has 0 aliphatic carbocycles. The van der Waals surface area contributed by atoms with Crippen molar-refractivity contribution >= 4 is 17.5 Å². The van der Waals surface area contributed by atoms with E-state index in [0.717, 1.165) is 26.2 Å². The molecule has 0 aliphatic heterocycles. The van der Waals surface area contributed by atoms with Gasteiger partial charge in [0, 0.05) is 19.3 Å². The summed E-state index contributed by atoms with van der Waals surface area (Å²) in [5.41, 5.74) is 6.19. The quantitative estimate of drug-likeness (QED) is 0.673. The molecule has 100 valence electrons. The summed E-state index contributed by atoms with van der Waals surface area (Å²) in [6.45, 7) is 7.84. The van der Waals surface area contributed by atoms with Crippen molar-refractivity contribution in [3.8, 4) is 0 Å². The average Bonchev–Trinajstić information content (AvgIpc) is 2.36. The van der Waals surface area contributed by atoms with Crippen LogP contribution in [0.5, 0.6) is 0 Å². The normalized spacial score (nSPS) is 10.6. The van der Waals surface area contributed by atoms with Gasteiger partial charge in [-0.15, -0.1) is 0 Å². The van der Waals surface area contributed by atoms with E-state index in [1.807, 2.05) is 0 Å². The Balaban J connectivity index is 2.55. The van der Waals surface area contributed by atoms with Gasteiger partial charge in [-0.1, -0.05) is 13.8 Å². The number of hydrogen-bond donors (Lipinski definition) is 3. The number of carboxylic acid groups (broad SMARTS) is 1. The lowest BCUT2D eigenvalue weighted by atomic mass is 10.2. The molecule has 0 unspecified atom stereocenters. The molecular weight excluding hydrogens is 232 g/mol. The fraction of sp³-hybridized carbons (Fsp3) is 0.500. The molecule has 0 atom stereocenters. The lowest BCUT2D eigenvalue weighted by Gasteiger charge is -2.18. The van der Waals surface area contributed by atoms with Crippen molar-refractivity contribution in [2.75, 3.05) is 37.2 Å². The van der Waals surface area contributed by atoms with Crippen LogP contribution in [0.25, 0.3) is 0 Å². The first-order valence-electron chi connectivity index (χ1n) is 6.03. The lowest BCUT2D eigenvalue weighted by molar-refractivity contribution is 0.0696. The zero-order valence-electron chi connectivity index (χ0n) is 10.8. The van der Waals surface area contributed by atoms with Gasteiger partial charge < -0.3 is 21.1 Å². The van der Waals surface area contributed by atoms with Crippen molar-refractivity contribution in [2.24, 2.45) is 0 Å². The Kier molecular flexibility index (Phi) is 5.38. The number of anilines is 2. The van der Waals surface area contributed by atoms with Crippen LogP contribution in [-0.2, 0) is 0 Å². The number of rotatable bonds is 7. The van der Waals surface area contributed by atoms with Crippen molar-refractivity contribution < 1.29 is 9.90 Å². The second-order valence-electron chi connectivity index (χ2n) is 3.92. The lowest BCUT2D eigenvalue weighted by Crippen LogP contribution is -2.28. The van der Waals surface area contributed by atoms with Gasteiger partial charge in [0.15, 0.2) is 0 Å². The van der Waals surface area contributed by atoms with E-state index in [1.165, 1.54) is 12.3 Å². The monoisotopic (exact) mass is 252 g/mol. The van der Waals surface area contributed by atoms with E-state index in [-0.39, 0.29) is 5.56 Å². The molecule has 6 nitrogen and oxygen atoms in total. The van der Waals surface area contributed by atoms with Gasteiger partial charge in [0.1, 0.15) is 5.82 Å². The molecule has 1 aromatic rings. The molecule has 1 heterocycles. The number of nitrogens with zero attached hydrogens (tertiary/aromatic N) is 2. The molecule has 0 aromatic carbocycles.